The average Bonchev–Trinajstić information content (AvgIpc) is 2.75. The number of amides is 1. The predicted octanol–water partition coefficient (Wildman–Crippen LogP) is 1.53. The highest BCUT2D eigenvalue weighted by Crippen LogP contribution is 2.05. The van der Waals surface area contributed by atoms with Gasteiger partial charge in [-0.05, 0) is 29.3 Å². The Kier molecular flexibility index (Phi) is 5.07. The highest BCUT2D eigenvalue weighted by molar-refractivity contribution is 7.07. The monoisotopic (exact) mass is 224 g/mol. The number of carbonyl (C=O) groups excluding carboxylic acids is 1. The molecule has 4 heteroatoms. The van der Waals surface area contributed by atoms with E-state index >= 15 is 0 Å². The Morgan fingerprint density at radius 1 is 1.73 bits per heavy atom. The Balaban J connectivity index is 2.26. The standard InChI is InChI=1S/C11H16N2OS/c1-3-5-12-11(14)9(2)13-7-10-4-6-15-8-10/h3-4,6,8-9,13H,1,5,7H2,2H3,(H,12,14). The number of hydrogen-bond donors (Lipinski definition) is 2. The summed E-state index contributed by atoms with van der Waals surface area (Å²) >= 11 is 1.66. The van der Waals surface area contributed by atoms with Crippen LogP contribution in [-0.4, -0.2) is 18.5 Å². The van der Waals surface area contributed by atoms with Crippen molar-refractivity contribution in [1.82, 2.24) is 10.6 Å². The smallest absolute Gasteiger partial charge is 0.237 e. The van der Waals surface area contributed by atoms with Crippen molar-refractivity contribution in [1.29, 1.82) is 0 Å². The largest absolute Gasteiger partial charge is 0.351 e. The summed E-state index contributed by atoms with van der Waals surface area (Å²) in [5.41, 5.74) is 1.21. The van der Waals surface area contributed by atoms with Crippen LogP contribution in [0, 0.1) is 0 Å². The maximum atomic E-state index is 11.4. The lowest BCUT2D eigenvalue weighted by atomic mass is 10.2. The summed E-state index contributed by atoms with van der Waals surface area (Å²) in [5.74, 6) is 0.00475. The molecule has 0 saturated heterocycles. The summed E-state index contributed by atoms with van der Waals surface area (Å²) in [7, 11) is 0. The lowest BCUT2D eigenvalue weighted by Gasteiger charge is -2.12. The average molecular weight is 224 g/mol. The van der Waals surface area contributed by atoms with Crippen LogP contribution in [0.3, 0.4) is 0 Å². The van der Waals surface area contributed by atoms with E-state index in [0.29, 0.717) is 6.54 Å². The van der Waals surface area contributed by atoms with Crippen molar-refractivity contribution >= 4 is 17.2 Å². The first-order valence-corrected chi connectivity index (χ1v) is 5.81. The van der Waals surface area contributed by atoms with Crippen LogP contribution in [0.5, 0.6) is 0 Å². The first-order chi connectivity index (χ1) is 7.24. The lowest BCUT2D eigenvalue weighted by molar-refractivity contribution is -0.122. The van der Waals surface area contributed by atoms with Crippen LogP contribution < -0.4 is 10.6 Å². The first kappa shape index (κ1) is 11.9. The third kappa shape index (κ3) is 4.27. The van der Waals surface area contributed by atoms with Gasteiger partial charge in [0, 0.05) is 13.1 Å². The highest BCUT2D eigenvalue weighted by atomic mass is 32.1. The number of nitrogens with one attached hydrogen (secondary N) is 2. The SMILES string of the molecule is C=CCNC(=O)C(C)NCc1ccsc1. The molecule has 0 aliphatic heterocycles. The van der Waals surface area contributed by atoms with Gasteiger partial charge in [0.25, 0.3) is 0 Å². The molecular formula is C11H16N2OS. The van der Waals surface area contributed by atoms with Gasteiger partial charge in [-0.25, -0.2) is 0 Å². The van der Waals surface area contributed by atoms with Crippen molar-refractivity contribution in [3.63, 3.8) is 0 Å². The van der Waals surface area contributed by atoms with Crippen molar-refractivity contribution in [2.45, 2.75) is 19.5 Å². The molecule has 3 nitrogen and oxygen atoms in total. The molecule has 0 aliphatic rings. The second-order valence-electron chi connectivity index (χ2n) is 3.27. The van der Waals surface area contributed by atoms with Crippen LogP contribution in [0.15, 0.2) is 29.5 Å². The van der Waals surface area contributed by atoms with E-state index in [1.165, 1.54) is 5.56 Å². The van der Waals surface area contributed by atoms with E-state index in [1.807, 2.05) is 18.4 Å². The van der Waals surface area contributed by atoms with Crippen LogP contribution in [0.25, 0.3) is 0 Å². The van der Waals surface area contributed by atoms with E-state index in [2.05, 4.69) is 22.6 Å². The highest BCUT2D eigenvalue weighted by Gasteiger charge is 2.10. The molecule has 1 amide bonds. The van der Waals surface area contributed by atoms with Gasteiger partial charge >= 0.3 is 0 Å². The van der Waals surface area contributed by atoms with E-state index in [-0.39, 0.29) is 11.9 Å². The molecule has 0 bridgehead atoms. The van der Waals surface area contributed by atoms with Crippen LogP contribution in [-0.2, 0) is 11.3 Å². The molecular weight excluding hydrogens is 208 g/mol. The molecule has 2 N–H and O–H groups in total. The molecule has 1 unspecified atom stereocenters. The topological polar surface area (TPSA) is 41.1 Å². The Morgan fingerprint density at radius 3 is 3.13 bits per heavy atom. The molecule has 1 aromatic heterocycles. The maximum absolute atomic E-state index is 11.4. The maximum Gasteiger partial charge on any atom is 0.237 e. The van der Waals surface area contributed by atoms with Gasteiger partial charge in [0.15, 0.2) is 0 Å². The summed E-state index contributed by atoms with van der Waals surface area (Å²) in [6.07, 6.45) is 1.67. The third-order valence-electron chi connectivity index (χ3n) is 2.01. The van der Waals surface area contributed by atoms with Crippen LogP contribution >= 0.6 is 11.3 Å². The molecule has 0 radical (unpaired) electrons. The van der Waals surface area contributed by atoms with E-state index in [0.717, 1.165) is 6.54 Å². The Hall–Kier alpha value is -1.13. The quantitative estimate of drug-likeness (QED) is 0.719. The van der Waals surface area contributed by atoms with Gasteiger partial charge in [0.05, 0.1) is 6.04 Å². The summed E-state index contributed by atoms with van der Waals surface area (Å²) in [5, 5.41) is 10.00. The Bertz CT molecular complexity index is 308. The van der Waals surface area contributed by atoms with Gasteiger partial charge in [-0.3, -0.25) is 4.79 Å². The molecule has 1 atom stereocenters. The summed E-state index contributed by atoms with van der Waals surface area (Å²) in [6, 6.07) is 1.87. The number of rotatable bonds is 6. The fourth-order valence-corrected chi connectivity index (χ4v) is 1.75. The number of hydrogen-bond acceptors (Lipinski definition) is 3. The van der Waals surface area contributed by atoms with Gasteiger partial charge in [0.2, 0.25) is 5.91 Å². The van der Waals surface area contributed by atoms with Crippen LogP contribution in [0.2, 0.25) is 0 Å². The molecule has 15 heavy (non-hydrogen) atoms. The van der Waals surface area contributed by atoms with Gasteiger partial charge < -0.3 is 10.6 Å². The zero-order valence-corrected chi connectivity index (χ0v) is 9.64. The molecule has 1 heterocycles. The van der Waals surface area contributed by atoms with Gasteiger partial charge in [0.1, 0.15) is 0 Å². The molecule has 1 aromatic rings. The van der Waals surface area contributed by atoms with Crippen molar-refractivity contribution in [3.8, 4) is 0 Å². The molecule has 1 rings (SSSR count). The normalized spacial score (nSPS) is 12.1. The Morgan fingerprint density at radius 2 is 2.53 bits per heavy atom. The van der Waals surface area contributed by atoms with E-state index in [1.54, 1.807) is 17.4 Å². The second kappa shape index (κ2) is 6.37. The summed E-state index contributed by atoms with van der Waals surface area (Å²) < 4.78 is 0. The first-order valence-electron chi connectivity index (χ1n) is 4.87. The van der Waals surface area contributed by atoms with Gasteiger partial charge in [-0.1, -0.05) is 6.08 Å². The van der Waals surface area contributed by atoms with Gasteiger partial charge in [-0.2, -0.15) is 11.3 Å². The van der Waals surface area contributed by atoms with Crippen molar-refractivity contribution < 1.29 is 4.79 Å². The Labute approximate surface area is 94.2 Å². The number of thiophene rings is 1. The zero-order chi connectivity index (χ0) is 11.1. The molecule has 0 spiro atoms. The minimum atomic E-state index is -0.176. The van der Waals surface area contributed by atoms with Crippen molar-refractivity contribution in [2.24, 2.45) is 0 Å². The molecule has 0 aromatic carbocycles. The fraction of sp³-hybridized carbons (Fsp3) is 0.364. The summed E-state index contributed by atoms with van der Waals surface area (Å²) in [6.45, 7) is 6.64. The fourth-order valence-electron chi connectivity index (χ4n) is 1.08. The molecule has 0 fully saturated rings. The van der Waals surface area contributed by atoms with E-state index in [9.17, 15) is 4.79 Å². The molecule has 0 aliphatic carbocycles. The van der Waals surface area contributed by atoms with E-state index < -0.39 is 0 Å². The number of carbonyl (C=O) groups is 1. The third-order valence-corrected chi connectivity index (χ3v) is 2.74. The van der Waals surface area contributed by atoms with Crippen molar-refractivity contribution in [3.05, 3.63) is 35.0 Å². The minimum absolute atomic E-state index is 0.00475. The van der Waals surface area contributed by atoms with Crippen LogP contribution in [0.4, 0.5) is 0 Å². The predicted molar refractivity (Wildman–Crippen MR) is 63.8 cm³/mol. The lowest BCUT2D eigenvalue weighted by Crippen LogP contribution is -2.41. The zero-order valence-electron chi connectivity index (χ0n) is 8.82. The summed E-state index contributed by atoms with van der Waals surface area (Å²) in [4.78, 5) is 11.4. The second-order valence-corrected chi connectivity index (χ2v) is 4.05. The van der Waals surface area contributed by atoms with Gasteiger partial charge in [-0.15, -0.1) is 6.58 Å². The van der Waals surface area contributed by atoms with E-state index in [4.69, 9.17) is 0 Å². The molecule has 0 saturated carbocycles. The van der Waals surface area contributed by atoms with Crippen LogP contribution in [0.1, 0.15) is 12.5 Å². The molecule has 82 valence electrons. The minimum Gasteiger partial charge on any atom is -0.351 e. The van der Waals surface area contributed by atoms with Crippen molar-refractivity contribution in [2.75, 3.05) is 6.54 Å².